The Kier molecular flexibility index (Phi) is 10.4. The first-order valence-electron chi connectivity index (χ1n) is 13.4. The summed E-state index contributed by atoms with van der Waals surface area (Å²) in [6.45, 7) is 12.7. The van der Waals surface area contributed by atoms with Gasteiger partial charge in [0.2, 0.25) is 0 Å². The lowest BCUT2D eigenvalue weighted by atomic mass is 10.0. The normalized spacial score (nSPS) is 13.9. The Morgan fingerprint density at radius 3 is 2.49 bits per heavy atom. The van der Waals surface area contributed by atoms with Crippen molar-refractivity contribution in [1.82, 2.24) is 15.2 Å². The van der Waals surface area contributed by atoms with Gasteiger partial charge in [0.05, 0.1) is 11.1 Å². The zero-order chi connectivity index (χ0) is 30.3. The molecule has 41 heavy (non-hydrogen) atoms. The minimum atomic E-state index is -1.26. The second-order valence-electron chi connectivity index (χ2n) is 9.50. The van der Waals surface area contributed by atoms with Crippen LogP contribution in [0.3, 0.4) is 0 Å². The van der Waals surface area contributed by atoms with Gasteiger partial charge in [0.1, 0.15) is 5.75 Å². The van der Waals surface area contributed by atoms with Gasteiger partial charge in [0.25, 0.3) is 11.8 Å². The molecule has 0 fully saturated rings. The highest BCUT2D eigenvalue weighted by molar-refractivity contribution is 6.35. The van der Waals surface area contributed by atoms with Gasteiger partial charge in [-0.1, -0.05) is 13.8 Å². The molecule has 0 spiro atoms. The molecule has 0 radical (unpaired) electrons. The van der Waals surface area contributed by atoms with Crippen LogP contribution in [0.5, 0.6) is 5.75 Å². The van der Waals surface area contributed by atoms with Crippen LogP contribution in [0, 0.1) is 13.8 Å². The fourth-order valence-electron chi connectivity index (χ4n) is 4.37. The number of anilines is 1. The Balaban J connectivity index is 1.75. The molecule has 1 aromatic heterocycles. The van der Waals surface area contributed by atoms with Gasteiger partial charge in [-0.25, -0.2) is 9.59 Å². The molecule has 1 aliphatic rings. The van der Waals surface area contributed by atoms with Gasteiger partial charge < -0.3 is 34.7 Å². The predicted octanol–water partition coefficient (Wildman–Crippen LogP) is 2.60. The summed E-state index contributed by atoms with van der Waals surface area (Å²) >= 11 is 0. The summed E-state index contributed by atoms with van der Waals surface area (Å²) in [5.74, 6) is -2.82. The van der Waals surface area contributed by atoms with E-state index in [0.29, 0.717) is 45.9 Å². The number of likely N-dealkylation sites (N-methyl/N-ethyl adjacent to an activating group) is 1. The van der Waals surface area contributed by atoms with Crippen LogP contribution in [0.1, 0.15) is 60.6 Å². The summed E-state index contributed by atoms with van der Waals surface area (Å²) in [6, 6.07) is 4.62. The predicted molar refractivity (Wildman–Crippen MR) is 151 cm³/mol. The van der Waals surface area contributed by atoms with Crippen molar-refractivity contribution in [3.63, 3.8) is 0 Å². The first-order chi connectivity index (χ1) is 19.4. The third-order valence-corrected chi connectivity index (χ3v) is 6.63. The Morgan fingerprint density at radius 2 is 1.83 bits per heavy atom. The molecule has 0 saturated heterocycles. The maximum absolute atomic E-state index is 12.9. The van der Waals surface area contributed by atoms with Crippen LogP contribution in [0.4, 0.5) is 5.69 Å². The second-order valence-corrected chi connectivity index (χ2v) is 9.50. The van der Waals surface area contributed by atoms with Gasteiger partial charge in [-0.2, -0.15) is 0 Å². The molecular weight excluding hydrogens is 532 g/mol. The maximum Gasteiger partial charge on any atom is 0.352 e. The van der Waals surface area contributed by atoms with Crippen LogP contribution in [0.2, 0.25) is 0 Å². The van der Waals surface area contributed by atoms with Crippen molar-refractivity contribution < 1.29 is 38.2 Å². The van der Waals surface area contributed by atoms with Crippen molar-refractivity contribution in [2.75, 3.05) is 38.1 Å². The van der Waals surface area contributed by atoms with Crippen molar-refractivity contribution in [3.05, 3.63) is 46.3 Å². The summed E-state index contributed by atoms with van der Waals surface area (Å²) < 4.78 is 14.8. The van der Waals surface area contributed by atoms with E-state index >= 15 is 0 Å². The van der Waals surface area contributed by atoms with E-state index in [1.807, 2.05) is 6.92 Å². The number of nitrogens with zero attached hydrogens (tertiary/aromatic N) is 1. The van der Waals surface area contributed by atoms with E-state index in [2.05, 4.69) is 39.1 Å². The fraction of sp³-hybridized carbons (Fsp3) is 0.414. The number of benzene rings is 1. The highest BCUT2D eigenvalue weighted by Gasteiger charge is 2.27. The van der Waals surface area contributed by atoms with Gasteiger partial charge in [-0.15, -0.1) is 0 Å². The SMILES string of the molecule is CCN(CC)CCNC(=O)c1c(C)[nH]c(/C=C2\C(=O)Nc3ccc(OC(=O)C(C)OC(=O)COC(C)=O)cc32)c1C. The van der Waals surface area contributed by atoms with Crippen LogP contribution >= 0.6 is 0 Å². The first-order valence-corrected chi connectivity index (χ1v) is 13.4. The van der Waals surface area contributed by atoms with E-state index < -0.39 is 30.6 Å². The summed E-state index contributed by atoms with van der Waals surface area (Å²) in [6.07, 6.45) is 0.392. The number of rotatable bonds is 12. The third kappa shape index (κ3) is 7.82. The number of H-pyrrole nitrogens is 1. The maximum atomic E-state index is 12.9. The minimum Gasteiger partial charge on any atom is -0.454 e. The van der Waals surface area contributed by atoms with E-state index in [1.54, 1.807) is 19.1 Å². The molecule has 2 aromatic rings. The van der Waals surface area contributed by atoms with Crippen LogP contribution in [-0.2, 0) is 28.7 Å². The number of nitrogens with one attached hydrogen (secondary N) is 3. The van der Waals surface area contributed by atoms with E-state index in [9.17, 15) is 24.0 Å². The Bertz CT molecular complexity index is 1370. The summed E-state index contributed by atoms with van der Waals surface area (Å²) in [5, 5.41) is 5.74. The van der Waals surface area contributed by atoms with Gasteiger partial charge in [-0.3, -0.25) is 14.4 Å². The lowest BCUT2D eigenvalue weighted by Crippen LogP contribution is -2.35. The quantitative estimate of drug-likeness (QED) is 0.199. The van der Waals surface area contributed by atoms with Crippen LogP contribution < -0.4 is 15.4 Å². The van der Waals surface area contributed by atoms with Gasteiger partial charge in [0.15, 0.2) is 12.7 Å². The number of aromatic nitrogens is 1. The molecule has 2 heterocycles. The van der Waals surface area contributed by atoms with Crippen molar-refractivity contribution in [2.45, 2.75) is 47.6 Å². The number of carbonyl (C=O) groups excluding carboxylic acids is 5. The molecule has 3 rings (SSSR count). The molecule has 12 nitrogen and oxygen atoms in total. The Morgan fingerprint density at radius 1 is 1.12 bits per heavy atom. The zero-order valence-electron chi connectivity index (χ0n) is 24.1. The third-order valence-electron chi connectivity index (χ3n) is 6.63. The summed E-state index contributed by atoms with van der Waals surface area (Å²) in [4.78, 5) is 66.2. The molecule has 12 heteroatoms. The number of hydrogen-bond donors (Lipinski definition) is 3. The van der Waals surface area contributed by atoms with Crippen LogP contribution in [0.15, 0.2) is 18.2 Å². The molecule has 1 atom stereocenters. The molecule has 220 valence electrons. The van der Waals surface area contributed by atoms with Gasteiger partial charge >= 0.3 is 17.9 Å². The number of aromatic amines is 1. The van der Waals surface area contributed by atoms with Gasteiger partial charge in [-0.05, 0) is 63.7 Å². The van der Waals surface area contributed by atoms with Crippen LogP contribution in [-0.4, -0.2) is 78.5 Å². The van der Waals surface area contributed by atoms with Crippen molar-refractivity contribution in [2.24, 2.45) is 0 Å². The summed E-state index contributed by atoms with van der Waals surface area (Å²) in [7, 11) is 0. The van der Waals surface area contributed by atoms with E-state index in [-0.39, 0.29) is 17.6 Å². The first kappa shape index (κ1) is 31.1. The van der Waals surface area contributed by atoms with Crippen molar-refractivity contribution in [3.8, 4) is 5.75 Å². The van der Waals surface area contributed by atoms with Crippen molar-refractivity contribution >= 4 is 47.1 Å². The lowest BCUT2D eigenvalue weighted by Gasteiger charge is -2.18. The molecule has 1 unspecified atom stereocenters. The average molecular weight is 569 g/mol. The summed E-state index contributed by atoms with van der Waals surface area (Å²) in [5.41, 5.74) is 3.84. The standard InChI is InChI=1S/C29H36N4O8/c1-7-33(8-2)12-11-30-28(37)26-16(3)24(31-17(26)4)14-22-21-13-20(9-10-23(21)32-27(22)36)41-29(38)18(5)40-25(35)15-39-19(6)34/h9-10,13-14,18,31H,7-8,11-12,15H2,1-6H3,(H,30,37)(H,32,36)/b22-14-. The molecule has 0 bridgehead atoms. The van der Waals surface area contributed by atoms with E-state index in [1.165, 1.54) is 19.1 Å². The molecule has 1 aromatic carbocycles. The second kappa shape index (κ2) is 13.8. The smallest absolute Gasteiger partial charge is 0.352 e. The molecular formula is C29H36N4O8. The minimum absolute atomic E-state index is 0.131. The fourth-order valence-corrected chi connectivity index (χ4v) is 4.37. The number of fused-ring (bicyclic) bond motifs is 1. The highest BCUT2D eigenvalue weighted by atomic mass is 16.6. The number of carbonyl (C=O) groups is 5. The number of hydrogen-bond acceptors (Lipinski definition) is 9. The van der Waals surface area contributed by atoms with Crippen LogP contribution in [0.25, 0.3) is 11.6 Å². The Labute approximate surface area is 238 Å². The molecule has 2 amide bonds. The number of ether oxygens (including phenoxy) is 3. The van der Waals surface area contributed by atoms with Gasteiger partial charge in [0, 0.05) is 42.7 Å². The molecule has 1 aliphatic heterocycles. The topological polar surface area (TPSA) is 156 Å². The largest absolute Gasteiger partial charge is 0.454 e. The molecule has 3 N–H and O–H groups in total. The highest BCUT2D eigenvalue weighted by Crippen LogP contribution is 2.36. The van der Waals surface area contributed by atoms with E-state index in [4.69, 9.17) is 9.47 Å². The number of esters is 3. The monoisotopic (exact) mass is 568 g/mol. The number of aryl methyl sites for hydroxylation is 1. The lowest BCUT2D eigenvalue weighted by molar-refractivity contribution is -0.167. The van der Waals surface area contributed by atoms with E-state index in [0.717, 1.165) is 26.6 Å². The molecule has 0 aliphatic carbocycles. The number of amides is 2. The average Bonchev–Trinajstić information content (AvgIpc) is 3.38. The zero-order valence-corrected chi connectivity index (χ0v) is 24.1. The van der Waals surface area contributed by atoms with Crippen molar-refractivity contribution in [1.29, 1.82) is 0 Å². The Hall–Kier alpha value is -4.45. The molecule has 0 saturated carbocycles.